The molecule has 0 fully saturated rings. The quantitative estimate of drug-likeness (QED) is 0.749. The molecule has 2 aromatic carbocycles. The molecule has 0 radical (unpaired) electrons. The molecule has 0 saturated heterocycles. The largest absolute Gasteiger partial charge is 0.321 e. The van der Waals surface area contributed by atoms with Gasteiger partial charge in [0.05, 0.1) is 5.52 Å². The first kappa shape index (κ1) is 13.1. The highest BCUT2D eigenvalue weighted by Gasteiger charge is 2.13. The Hall–Kier alpha value is -2.95. The number of carbonyl (C=O) groups is 1. The summed E-state index contributed by atoms with van der Waals surface area (Å²) in [6, 6.07) is 15.0. The molecule has 5 heteroatoms. The van der Waals surface area contributed by atoms with Crippen LogP contribution in [0.15, 0.2) is 55.1 Å². The molecule has 104 valence electrons. The lowest BCUT2D eigenvalue weighted by Crippen LogP contribution is -2.17. The lowest BCUT2D eigenvalue weighted by Gasteiger charge is -2.08. The Labute approximate surface area is 121 Å². The number of aryl methyl sites for hydroxylation is 1. The lowest BCUT2D eigenvalue weighted by molar-refractivity contribution is -0.111. The Bertz CT molecular complexity index is 818. The van der Waals surface area contributed by atoms with Crippen molar-refractivity contribution < 1.29 is 4.79 Å². The summed E-state index contributed by atoms with van der Waals surface area (Å²) in [5, 5.41) is 10.8. The topological polar surface area (TPSA) is 59.8 Å². The van der Waals surface area contributed by atoms with E-state index in [9.17, 15) is 4.79 Å². The Morgan fingerprint density at radius 3 is 2.62 bits per heavy atom. The summed E-state index contributed by atoms with van der Waals surface area (Å²) in [4.78, 5) is 12.2. The van der Waals surface area contributed by atoms with Crippen molar-refractivity contribution in [1.29, 1.82) is 0 Å². The number of carbonyl (C=O) groups excluding carboxylic acids is 1. The molecular formula is C16H14N4O. The maximum absolute atomic E-state index is 12.2. The van der Waals surface area contributed by atoms with Crippen LogP contribution >= 0.6 is 0 Å². The van der Waals surface area contributed by atoms with E-state index in [0.29, 0.717) is 0 Å². The molecule has 1 N–H and O–H groups in total. The minimum atomic E-state index is -0.311. The van der Waals surface area contributed by atoms with Crippen molar-refractivity contribution >= 4 is 28.3 Å². The van der Waals surface area contributed by atoms with Crippen molar-refractivity contribution in [3.63, 3.8) is 0 Å². The molecule has 0 atom stereocenters. The van der Waals surface area contributed by atoms with Crippen LogP contribution in [0, 0.1) is 6.92 Å². The van der Waals surface area contributed by atoms with Gasteiger partial charge in [0.25, 0.3) is 5.91 Å². The smallest absolute Gasteiger partial charge is 0.273 e. The van der Waals surface area contributed by atoms with Gasteiger partial charge in [-0.25, -0.2) is 4.68 Å². The van der Waals surface area contributed by atoms with Gasteiger partial charge >= 0.3 is 0 Å². The monoisotopic (exact) mass is 278 g/mol. The van der Waals surface area contributed by atoms with E-state index < -0.39 is 0 Å². The maximum Gasteiger partial charge on any atom is 0.273 e. The molecule has 0 aliphatic heterocycles. The Morgan fingerprint density at radius 1 is 1.14 bits per heavy atom. The van der Waals surface area contributed by atoms with Gasteiger partial charge in [-0.1, -0.05) is 41.6 Å². The second kappa shape index (κ2) is 5.20. The highest BCUT2D eigenvalue weighted by molar-refractivity contribution is 6.20. The van der Waals surface area contributed by atoms with Gasteiger partial charge in [-0.15, -0.1) is 5.10 Å². The summed E-state index contributed by atoms with van der Waals surface area (Å²) >= 11 is 0. The minimum absolute atomic E-state index is 0.226. The van der Waals surface area contributed by atoms with Crippen LogP contribution in [0.4, 0.5) is 5.69 Å². The third kappa shape index (κ3) is 2.53. The fourth-order valence-corrected chi connectivity index (χ4v) is 2.00. The number of hydrogen-bond donors (Lipinski definition) is 1. The number of nitrogens with one attached hydrogen (secondary N) is 1. The van der Waals surface area contributed by atoms with Crippen LogP contribution in [-0.2, 0) is 4.79 Å². The first-order valence-corrected chi connectivity index (χ1v) is 6.53. The highest BCUT2D eigenvalue weighted by Crippen LogP contribution is 2.16. The Morgan fingerprint density at radius 2 is 1.86 bits per heavy atom. The van der Waals surface area contributed by atoms with Crippen LogP contribution in [0.3, 0.4) is 0 Å². The second-order valence-corrected chi connectivity index (χ2v) is 4.76. The molecular weight excluding hydrogens is 264 g/mol. The average Bonchev–Trinajstić information content (AvgIpc) is 2.92. The molecule has 0 unspecified atom stereocenters. The fraction of sp³-hybridized carbons (Fsp3) is 0.0625. The van der Waals surface area contributed by atoms with Crippen LogP contribution in [0.5, 0.6) is 0 Å². The van der Waals surface area contributed by atoms with Crippen LogP contribution in [0.2, 0.25) is 0 Å². The number of aromatic nitrogens is 3. The van der Waals surface area contributed by atoms with Crippen LogP contribution in [0.25, 0.3) is 16.7 Å². The van der Waals surface area contributed by atoms with Crippen LogP contribution < -0.4 is 5.32 Å². The van der Waals surface area contributed by atoms with E-state index >= 15 is 0 Å². The third-order valence-corrected chi connectivity index (χ3v) is 3.18. The third-order valence-electron chi connectivity index (χ3n) is 3.18. The van der Waals surface area contributed by atoms with E-state index in [1.54, 1.807) is 0 Å². The predicted octanol–water partition coefficient (Wildman–Crippen LogP) is 2.85. The molecule has 0 bridgehead atoms. The molecule has 1 amide bonds. The van der Waals surface area contributed by atoms with E-state index in [2.05, 4.69) is 22.2 Å². The molecule has 0 spiro atoms. The fourth-order valence-electron chi connectivity index (χ4n) is 2.00. The van der Waals surface area contributed by atoms with E-state index in [-0.39, 0.29) is 11.6 Å². The van der Waals surface area contributed by atoms with Gasteiger partial charge in [-0.05, 0) is 31.2 Å². The molecule has 1 heterocycles. The van der Waals surface area contributed by atoms with Crippen molar-refractivity contribution in [1.82, 2.24) is 15.0 Å². The van der Waals surface area contributed by atoms with Crippen LogP contribution in [0.1, 0.15) is 5.56 Å². The van der Waals surface area contributed by atoms with Crippen molar-refractivity contribution in [2.75, 3.05) is 5.32 Å². The van der Waals surface area contributed by atoms with Crippen molar-refractivity contribution in [2.24, 2.45) is 0 Å². The SMILES string of the molecule is C=C(C(=O)Nc1ccc(C)cc1)n1nnc2ccccc21. The number of nitrogens with zero attached hydrogens (tertiary/aromatic N) is 3. The highest BCUT2D eigenvalue weighted by atomic mass is 16.2. The number of para-hydroxylation sites is 1. The molecule has 0 aliphatic rings. The van der Waals surface area contributed by atoms with E-state index in [1.165, 1.54) is 4.68 Å². The number of amides is 1. The van der Waals surface area contributed by atoms with Crippen molar-refractivity contribution in [3.8, 4) is 0 Å². The standard InChI is InChI=1S/C16H14N4O/c1-11-7-9-13(10-8-11)17-16(21)12(2)20-15-6-4-3-5-14(15)18-19-20/h3-10H,2H2,1H3,(H,17,21). The van der Waals surface area contributed by atoms with Gasteiger partial charge in [0.2, 0.25) is 0 Å². The average molecular weight is 278 g/mol. The molecule has 0 aliphatic carbocycles. The van der Waals surface area contributed by atoms with Gasteiger partial charge in [-0.3, -0.25) is 4.79 Å². The molecule has 3 aromatic rings. The first-order valence-electron chi connectivity index (χ1n) is 6.53. The summed E-state index contributed by atoms with van der Waals surface area (Å²) in [7, 11) is 0. The van der Waals surface area contributed by atoms with E-state index in [0.717, 1.165) is 22.3 Å². The summed E-state index contributed by atoms with van der Waals surface area (Å²) in [6.45, 7) is 5.80. The van der Waals surface area contributed by atoms with Crippen molar-refractivity contribution in [2.45, 2.75) is 6.92 Å². The molecule has 5 nitrogen and oxygen atoms in total. The van der Waals surface area contributed by atoms with E-state index in [1.807, 2.05) is 55.5 Å². The molecule has 0 saturated carbocycles. The Kier molecular flexibility index (Phi) is 3.23. The van der Waals surface area contributed by atoms with Gasteiger partial charge in [-0.2, -0.15) is 0 Å². The Balaban J connectivity index is 1.84. The van der Waals surface area contributed by atoms with Crippen molar-refractivity contribution in [3.05, 3.63) is 60.7 Å². The van der Waals surface area contributed by atoms with Gasteiger partial charge < -0.3 is 5.32 Å². The van der Waals surface area contributed by atoms with Gasteiger partial charge in [0, 0.05) is 5.69 Å². The molecule has 1 aromatic heterocycles. The zero-order valence-electron chi connectivity index (χ0n) is 11.6. The summed E-state index contributed by atoms with van der Waals surface area (Å²) in [5.41, 5.74) is 3.55. The number of fused-ring (bicyclic) bond motifs is 1. The minimum Gasteiger partial charge on any atom is -0.321 e. The van der Waals surface area contributed by atoms with Gasteiger partial charge in [0.15, 0.2) is 0 Å². The maximum atomic E-state index is 12.2. The summed E-state index contributed by atoms with van der Waals surface area (Å²) < 4.78 is 1.44. The zero-order chi connectivity index (χ0) is 14.8. The number of hydrogen-bond acceptors (Lipinski definition) is 3. The molecule has 3 rings (SSSR count). The molecule has 21 heavy (non-hydrogen) atoms. The second-order valence-electron chi connectivity index (χ2n) is 4.76. The van der Waals surface area contributed by atoms with E-state index in [4.69, 9.17) is 0 Å². The van der Waals surface area contributed by atoms with Gasteiger partial charge in [0.1, 0.15) is 11.2 Å². The lowest BCUT2D eigenvalue weighted by atomic mass is 10.2. The zero-order valence-corrected chi connectivity index (χ0v) is 11.6. The summed E-state index contributed by atoms with van der Waals surface area (Å²) in [6.07, 6.45) is 0. The number of anilines is 1. The number of benzene rings is 2. The normalized spacial score (nSPS) is 10.5. The number of rotatable bonds is 3. The predicted molar refractivity (Wildman–Crippen MR) is 82.7 cm³/mol. The first-order chi connectivity index (χ1) is 10.1. The van der Waals surface area contributed by atoms with Crippen LogP contribution in [-0.4, -0.2) is 20.9 Å². The summed E-state index contributed by atoms with van der Waals surface area (Å²) in [5.74, 6) is -0.311.